The lowest BCUT2D eigenvalue weighted by molar-refractivity contribution is 0.162. The van der Waals surface area contributed by atoms with Gasteiger partial charge < -0.3 is 4.74 Å². The molecule has 0 radical (unpaired) electrons. The molecule has 0 saturated heterocycles. The summed E-state index contributed by atoms with van der Waals surface area (Å²) in [6, 6.07) is 9.20. The van der Waals surface area contributed by atoms with E-state index < -0.39 is 9.84 Å². The number of likely N-dealkylation sites (N-methyl/N-ethyl adjacent to an activating group) is 1. The zero-order chi connectivity index (χ0) is 16.9. The lowest BCUT2D eigenvalue weighted by Crippen LogP contribution is -2.48. The minimum Gasteiger partial charge on any atom is -0.492 e. The van der Waals surface area contributed by atoms with Crippen molar-refractivity contribution >= 4 is 9.84 Å². The van der Waals surface area contributed by atoms with Crippen molar-refractivity contribution in [2.24, 2.45) is 0 Å². The maximum absolute atomic E-state index is 12.0. The molecule has 6 heteroatoms. The Morgan fingerprint density at radius 2 is 2.09 bits per heavy atom. The van der Waals surface area contributed by atoms with Crippen molar-refractivity contribution in [2.45, 2.75) is 37.0 Å². The lowest BCUT2D eigenvalue weighted by atomic mass is 9.94. The van der Waals surface area contributed by atoms with E-state index in [1.165, 1.54) is 6.26 Å². The molecule has 1 saturated carbocycles. The van der Waals surface area contributed by atoms with E-state index in [4.69, 9.17) is 10.00 Å². The molecule has 1 aliphatic carbocycles. The van der Waals surface area contributed by atoms with E-state index in [1.807, 2.05) is 13.1 Å². The molecule has 0 bridgehead atoms. The minimum atomic E-state index is -3.02. The van der Waals surface area contributed by atoms with Gasteiger partial charge in [0.05, 0.1) is 16.9 Å². The predicted molar refractivity (Wildman–Crippen MR) is 90.2 cm³/mol. The third-order valence-corrected chi connectivity index (χ3v) is 6.11. The van der Waals surface area contributed by atoms with Crippen LogP contribution in [0.5, 0.6) is 5.75 Å². The van der Waals surface area contributed by atoms with E-state index in [-0.39, 0.29) is 11.3 Å². The van der Waals surface area contributed by atoms with Crippen LogP contribution in [-0.4, -0.2) is 51.1 Å². The molecule has 0 unspecified atom stereocenters. The average molecular weight is 336 g/mol. The van der Waals surface area contributed by atoms with Crippen molar-refractivity contribution in [3.8, 4) is 11.8 Å². The number of nitriles is 1. The number of hydrogen-bond donors (Lipinski definition) is 0. The van der Waals surface area contributed by atoms with Gasteiger partial charge in [0.15, 0.2) is 9.84 Å². The van der Waals surface area contributed by atoms with Crippen LogP contribution in [0.2, 0.25) is 0 Å². The Hall–Kier alpha value is -1.58. The molecule has 1 aliphatic rings. The van der Waals surface area contributed by atoms with Crippen LogP contribution in [0.4, 0.5) is 0 Å². The molecule has 0 heterocycles. The van der Waals surface area contributed by atoms with Crippen molar-refractivity contribution in [3.05, 3.63) is 29.8 Å². The molecular weight excluding hydrogens is 312 g/mol. The number of rotatable bonds is 6. The highest BCUT2D eigenvalue weighted by molar-refractivity contribution is 7.91. The molecule has 0 aliphatic heterocycles. The van der Waals surface area contributed by atoms with Crippen molar-refractivity contribution in [3.63, 3.8) is 0 Å². The van der Waals surface area contributed by atoms with Gasteiger partial charge in [0.1, 0.15) is 12.4 Å². The lowest BCUT2D eigenvalue weighted by Gasteiger charge is -2.36. The van der Waals surface area contributed by atoms with E-state index >= 15 is 0 Å². The van der Waals surface area contributed by atoms with Gasteiger partial charge in [0, 0.05) is 18.8 Å². The van der Waals surface area contributed by atoms with Gasteiger partial charge in [0.25, 0.3) is 0 Å². The average Bonchev–Trinajstić information content (AvgIpc) is 2.54. The van der Waals surface area contributed by atoms with Crippen molar-refractivity contribution in [1.29, 1.82) is 5.26 Å². The Balaban J connectivity index is 1.90. The number of nitrogens with zero attached hydrogens (tertiary/aromatic N) is 2. The fraction of sp³-hybridized carbons (Fsp3) is 0.588. The maximum atomic E-state index is 12.0. The molecule has 126 valence electrons. The number of sulfone groups is 1. The fourth-order valence-electron chi connectivity index (χ4n) is 3.21. The van der Waals surface area contributed by atoms with E-state index in [1.54, 1.807) is 18.2 Å². The van der Waals surface area contributed by atoms with Crippen LogP contribution in [0.15, 0.2) is 24.3 Å². The molecule has 5 nitrogen and oxygen atoms in total. The highest BCUT2D eigenvalue weighted by atomic mass is 32.2. The third kappa shape index (κ3) is 4.95. The summed E-state index contributed by atoms with van der Waals surface area (Å²) in [5.74, 6) is 0.667. The Kier molecular flexibility index (Phi) is 6.03. The van der Waals surface area contributed by atoms with E-state index in [0.717, 1.165) is 25.7 Å². The second kappa shape index (κ2) is 7.80. The summed E-state index contributed by atoms with van der Waals surface area (Å²) in [4.78, 5) is 2.10. The summed E-state index contributed by atoms with van der Waals surface area (Å²) < 4.78 is 29.6. The molecule has 2 atom stereocenters. The quantitative estimate of drug-likeness (QED) is 0.796. The maximum Gasteiger partial charge on any atom is 0.151 e. The van der Waals surface area contributed by atoms with Gasteiger partial charge in [0.2, 0.25) is 0 Å². The summed E-state index contributed by atoms with van der Waals surface area (Å²) in [5, 5.41) is 8.61. The SMILES string of the molecule is CN(CCOc1cccc(C#N)c1)[C@@H]1CCCC[C@@H]1S(C)(=O)=O. The summed E-state index contributed by atoms with van der Waals surface area (Å²) in [7, 11) is -1.06. The van der Waals surface area contributed by atoms with Crippen LogP contribution in [-0.2, 0) is 9.84 Å². The van der Waals surface area contributed by atoms with Crippen LogP contribution < -0.4 is 4.74 Å². The first-order valence-electron chi connectivity index (χ1n) is 7.94. The van der Waals surface area contributed by atoms with Crippen molar-refractivity contribution < 1.29 is 13.2 Å². The Labute approximate surface area is 138 Å². The van der Waals surface area contributed by atoms with Gasteiger partial charge >= 0.3 is 0 Å². The molecule has 1 aromatic carbocycles. The smallest absolute Gasteiger partial charge is 0.151 e. The highest BCUT2D eigenvalue weighted by Crippen LogP contribution is 2.27. The van der Waals surface area contributed by atoms with Crippen LogP contribution in [0.25, 0.3) is 0 Å². The van der Waals surface area contributed by atoms with E-state index in [2.05, 4.69) is 11.0 Å². The second-order valence-electron chi connectivity index (χ2n) is 6.19. The molecule has 1 fully saturated rings. The van der Waals surface area contributed by atoms with Gasteiger partial charge in [-0.15, -0.1) is 0 Å². The molecule has 23 heavy (non-hydrogen) atoms. The molecule has 0 amide bonds. The van der Waals surface area contributed by atoms with Gasteiger partial charge in [-0.3, -0.25) is 4.90 Å². The van der Waals surface area contributed by atoms with E-state index in [9.17, 15) is 8.42 Å². The van der Waals surface area contributed by atoms with Crippen LogP contribution in [0.3, 0.4) is 0 Å². The first-order valence-corrected chi connectivity index (χ1v) is 9.89. The van der Waals surface area contributed by atoms with Crippen LogP contribution >= 0.6 is 0 Å². The zero-order valence-corrected chi connectivity index (χ0v) is 14.6. The number of ether oxygens (including phenoxy) is 1. The van der Waals surface area contributed by atoms with Gasteiger partial charge in [-0.05, 0) is 38.1 Å². The fourth-order valence-corrected chi connectivity index (χ4v) is 4.72. The summed E-state index contributed by atoms with van der Waals surface area (Å²) in [5.41, 5.74) is 0.570. The normalized spacial score (nSPS) is 21.8. The van der Waals surface area contributed by atoms with Gasteiger partial charge in [-0.2, -0.15) is 5.26 Å². The Bertz CT molecular complexity index is 667. The van der Waals surface area contributed by atoms with Crippen LogP contribution in [0, 0.1) is 11.3 Å². The monoisotopic (exact) mass is 336 g/mol. The molecule has 2 rings (SSSR count). The standard InChI is InChI=1S/C17H24N2O3S/c1-19(16-8-3-4-9-17(16)23(2,20)21)10-11-22-15-7-5-6-14(12-15)13-18/h5-7,12,16-17H,3-4,8-11H2,1-2H3/t16-,17+/m1/s1. The second-order valence-corrected chi connectivity index (χ2v) is 8.45. The third-order valence-electron chi connectivity index (χ3n) is 4.46. The molecule has 1 aromatic rings. The summed E-state index contributed by atoms with van der Waals surface area (Å²) in [6.07, 6.45) is 5.07. The first kappa shape index (κ1) is 17.8. The molecule has 0 N–H and O–H groups in total. The zero-order valence-electron chi connectivity index (χ0n) is 13.7. The summed E-state index contributed by atoms with van der Waals surface area (Å²) >= 11 is 0. The van der Waals surface area contributed by atoms with Crippen LogP contribution in [0.1, 0.15) is 31.2 Å². The van der Waals surface area contributed by atoms with Gasteiger partial charge in [-0.25, -0.2) is 8.42 Å². The van der Waals surface area contributed by atoms with Crippen molar-refractivity contribution in [1.82, 2.24) is 4.90 Å². The first-order chi connectivity index (χ1) is 10.9. The largest absolute Gasteiger partial charge is 0.492 e. The molecular formula is C17H24N2O3S. The van der Waals surface area contributed by atoms with Crippen molar-refractivity contribution in [2.75, 3.05) is 26.5 Å². The summed E-state index contributed by atoms with van der Waals surface area (Å²) in [6.45, 7) is 1.13. The molecule has 0 aromatic heterocycles. The predicted octanol–water partition coefficient (Wildman–Crippen LogP) is 2.22. The Morgan fingerprint density at radius 3 is 2.78 bits per heavy atom. The number of benzene rings is 1. The molecule has 0 spiro atoms. The van der Waals surface area contributed by atoms with E-state index in [0.29, 0.717) is 24.5 Å². The number of hydrogen-bond acceptors (Lipinski definition) is 5. The van der Waals surface area contributed by atoms with Gasteiger partial charge in [-0.1, -0.05) is 18.9 Å². The highest BCUT2D eigenvalue weighted by Gasteiger charge is 2.34. The Morgan fingerprint density at radius 1 is 1.35 bits per heavy atom. The minimum absolute atomic E-state index is 0.0628. The topological polar surface area (TPSA) is 70.4 Å².